The highest BCUT2D eigenvalue weighted by Gasteiger charge is 2.33. The first-order chi connectivity index (χ1) is 10.6. The molecule has 5 heteroatoms. The molecule has 112 valence electrons. The number of carbonyl (C=O) groups is 1. The van der Waals surface area contributed by atoms with E-state index in [9.17, 15) is 4.79 Å². The molecule has 1 N–H and O–H groups in total. The molecule has 3 nitrogen and oxygen atoms in total. The number of benzene rings is 2. The summed E-state index contributed by atoms with van der Waals surface area (Å²) < 4.78 is 0. The fraction of sp³-hybridized carbons (Fsp3) is 0.118. The minimum atomic E-state index is -0.383. The van der Waals surface area contributed by atoms with Gasteiger partial charge in [-0.15, -0.1) is 6.58 Å². The summed E-state index contributed by atoms with van der Waals surface area (Å²) >= 11 is 12.4. The van der Waals surface area contributed by atoms with Crippen molar-refractivity contribution in [3.05, 3.63) is 76.3 Å². The number of fused-ring (bicyclic) bond motifs is 1. The maximum atomic E-state index is 12.7. The van der Waals surface area contributed by atoms with Gasteiger partial charge in [-0.1, -0.05) is 53.5 Å². The number of rotatable bonds is 3. The van der Waals surface area contributed by atoms with Crippen molar-refractivity contribution >= 4 is 34.8 Å². The Morgan fingerprint density at radius 3 is 2.73 bits per heavy atom. The Hall–Kier alpha value is -1.97. The van der Waals surface area contributed by atoms with Crippen molar-refractivity contribution in [2.45, 2.75) is 6.17 Å². The summed E-state index contributed by atoms with van der Waals surface area (Å²) in [5, 5.41) is 4.27. The molecule has 0 bridgehead atoms. The lowest BCUT2D eigenvalue weighted by Crippen LogP contribution is -2.43. The van der Waals surface area contributed by atoms with E-state index in [-0.39, 0.29) is 12.1 Å². The number of halogens is 2. The maximum absolute atomic E-state index is 12.7. The van der Waals surface area contributed by atoms with Gasteiger partial charge in [0.05, 0.1) is 15.6 Å². The fourth-order valence-corrected chi connectivity index (χ4v) is 3.01. The van der Waals surface area contributed by atoms with E-state index in [0.717, 1.165) is 11.3 Å². The van der Waals surface area contributed by atoms with Crippen molar-refractivity contribution in [3.8, 4) is 0 Å². The number of nitrogens with zero attached hydrogens (tertiary/aromatic N) is 1. The topological polar surface area (TPSA) is 32.3 Å². The average molecular weight is 333 g/mol. The second-order valence-electron chi connectivity index (χ2n) is 4.98. The molecule has 1 heterocycles. The van der Waals surface area contributed by atoms with Crippen LogP contribution in [0.4, 0.5) is 5.69 Å². The summed E-state index contributed by atoms with van der Waals surface area (Å²) in [5.74, 6) is -0.0599. The Balaban J connectivity index is 2.11. The lowest BCUT2D eigenvalue weighted by molar-refractivity contribution is 0.0707. The highest BCUT2D eigenvalue weighted by molar-refractivity contribution is 6.42. The number of amides is 1. The zero-order chi connectivity index (χ0) is 15.7. The molecule has 1 unspecified atom stereocenters. The predicted molar refractivity (Wildman–Crippen MR) is 90.5 cm³/mol. The molecule has 0 spiro atoms. The maximum Gasteiger partial charge on any atom is 0.258 e. The van der Waals surface area contributed by atoms with Gasteiger partial charge in [0, 0.05) is 17.8 Å². The Morgan fingerprint density at radius 1 is 1.18 bits per heavy atom. The number of hydrogen-bond donors (Lipinski definition) is 1. The molecule has 2 aromatic rings. The molecule has 0 saturated carbocycles. The number of nitrogens with one attached hydrogen (secondary N) is 1. The van der Waals surface area contributed by atoms with Crippen LogP contribution >= 0.6 is 23.2 Å². The van der Waals surface area contributed by atoms with E-state index in [0.29, 0.717) is 22.2 Å². The Morgan fingerprint density at radius 2 is 1.95 bits per heavy atom. The molecule has 0 radical (unpaired) electrons. The van der Waals surface area contributed by atoms with E-state index >= 15 is 0 Å². The number of hydrogen-bond acceptors (Lipinski definition) is 2. The first kappa shape index (κ1) is 14.9. The molecule has 0 aliphatic carbocycles. The van der Waals surface area contributed by atoms with Gasteiger partial charge in [0.25, 0.3) is 5.91 Å². The normalized spacial score (nSPS) is 16.9. The molecular formula is C17H14Cl2N2O. The SMILES string of the molecule is C=CCN1C(=O)c2ccccc2NC1c1cccc(Cl)c1Cl. The first-order valence-corrected chi connectivity index (χ1v) is 7.60. The van der Waals surface area contributed by atoms with E-state index in [1.807, 2.05) is 30.3 Å². The molecule has 1 aliphatic heterocycles. The molecule has 0 aromatic heterocycles. The molecule has 1 atom stereocenters. The van der Waals surface area contributed by atoms with E-state index < -0.39 is 0 Å². The molecule has 0 saturated heterocycles. The zero-order valence-electron chi connectivity index (χ0n) is 11.7. The Bertz CT molecular complexity index is 745. The summed E-state index contributed by atoms with van der Waals surface area (Å²) in [6.45, 7) is 4.14. The van der Waals surface area contributed by atoms with Gasteiger partial charge in [-0.05, 0) is 18.2 Å². The average Bonchev–Trinajstić information content (AvgIpc) is 2.53. The van der Waals surface area contributed by atoms with Crippen molar-refractivity contribution in [2.75, 3.05) is 11.9 Å². The van der Waals surface area contributed by atoms with Crippen LogP contribution in [0.25, 0.3) is 0 Å². The summed E-state index contributed by atoms with van der Waals surface area (Å²) in [5.41, 5.74) is 2.19. The largest absolute Gasteiger partial charge is 0.361 e. The standard InChI is InChI=1S/C17H14Cl2N2O/c1-2-10-21-16(12-7-5-8-13(18)15(12)19)20-14-9-4-3-6-11(14)17(21)22/h2-9,16,20H,1,10H2. The van der Waals surface area contributed by atoms with E-state index in [1.165, 1.54) is 0 Å². The van der Waals surface area contributed by atoms with Crippen LogP contribution in [0.15, 0.2) is 55.1 Å². The molecule has 0 fully saturated rings. The number of carbonyl (C=O) groups excluding carboxylic acids is 1. The van der Waals surface area contributed by atoms with Gasteiger partial charge in [-0.2, -0.15) is 0 Å². The minimum Gasteiger partial charge on any atom is -0.361 e. The molecule has 2 aromatic carbocycles. The Labute approximate surface area is 139 Å². The first-order valence-electron chi connectivity index (χ1n) is 6.85. The second kappa shape index (κ2) is 6.03. The van der Waals surface area contributed by atoms with Crippen molar-refractivity contribution in [2.24, 2.45) is 0 Å². The van der Waals surface area contributed by atoms with Gasteiger partial charge in [-0.25, -0.2) is 0 Å². The van der Waals surface area contributed by atoms with Crippen LogP contribution in [0.3, 0.4) is 0 Å². The lowest BCUT2D eigenvalue weighted by atomic mass is 10.0. The summed E-state index contributed by atoms with van der Waals surface area (Å²) in [6, 6.07) is 12.8. The Kier molecular flexibility index (Phi) is 4.10. The van der Waals surface area contributed by atoms with E-state index in [4.69, 9.17) is 23.2 Å². The van der Waals surface area contributed by atoms with Crippen molar-refractivity contribution in [1.82, 2.24) is 4.90 Å². The van der Waals surface area contributed by atoms with Crippen LogP contribution < -0.4 is 5.32 Å². The van der Waals surface area contributed by atoms with E-state index in [1.54, 1.807) is 23.1 Å². The minimum absolute atomic E-state index is 0.0599. The van der Waals surface area contributed by atoms with Gasteiger partial charge in [-0.3, -0.25) is 4.79 Å². The lowest BCUT2D eigenvalue weighted by Gasteiger charge is -2.38. The van der Waals surface area contributed by atoms with Gasteiger partial charge < -0.3 is 10.2 Å². The van der Waals surface area contributed by atoms with Crippen LogP contribution in [-0.2, 0) is 0 Å². The molecular weight excluding hydrogens is 319 g/mol. The molecule has 22 heavy (non-hydrogen) atoms. The van der Waals surface area contributed by atoms with Crippen LogP contribution in [0, 0.1) is 0 Å². The number of para-hydroxylation sites is 1. The summed E-state index contributed by atoms with van der Waals surface area (Å²) in [6.07, 6.45) is 1.31. The molecule has 1 aliphatic rings. The highest BCUT2D eigenvalue weighted by Crippen LogP contribution is 2.37. The second-order valence-corrected chi connectivity index (χ2v) is 5.77. The van der Waals surface area contributed by atoms with Crippen molar-refractivity contribution < 1.29 is 4.79 Å². The van der Waals surface area contributed by atoms with Gasteiger partial charge >= 0.3 is 0 Å². The van der Waals surface area contributed by atoms with Crippen LogP contribution in [0.2, 0.25) is 10.0 Å². The third kappa shape index (κ3) is 2.47. The van der Waals surface area contributed by atoms with Gasteiger partial charge in [0.2, 0.25) is 0 Å². The summed E-state index contributed by atoms with van der Waals surface area (Å²) in [7, 11) is 0. The summed E-state index contributed by atoms with van der Waals surface area (Å²) in [4.78, 5) is 14.4. The third-order valence-corrected chi connectivity index (χ3v) is 4.46. The highest BCUT2D eigenvalue weighted by atomic mass is 35.5. The monoisotopic (exact) mass is 332 g/mol. The van der Waals surface area contributed by atoms with Crippen LogP contribution in [-0.4, -0.2) is 17.4 Å². The van der Waals surface area contributed by atoms with Crippen LogP contribution in [0.1, 0.15) is 22.1 Å². The quantitative estimate of drug-likeness (QED) is 0.823. The smallest absolute Gasteiger partial charge is 0.258 e. The number of anilines is 1. The van der Waals surface area contributed by atoms with Crippen LogP contribution in [0.5, 0.6) is 0 Å². The van der Waals surface area contributed by atoms with Gasteiger partial charge in [0.15, 0.2) is 0 Å². The molecule has 1 amide bonds. The predicted octanol–water partition coefficient (Wildman–Crippen LogP) is 4.75. The fourth-order valence-electron chi connectivity index (χ4n) is 2.60. The van der Waals surface area contributed by atoms with Crippen molar-refractivity contribution in [1.29, 1.82) is 0 Å². The van der Waals surface area contributed by atoms with E-state index in [2.05, 4.69) is 11.9 Å². The van der Waals surface area contributed by atoms with Gasteiger partial charge in [0.1, 0.15) is 6.17 Å². The van der Waals surface area contributed by atoms with Crippen molar-refractivity contribution in [3.63, 3.8) is 0 Å². The third-order valence-electron chi connectivity index (χ3n) is 3.62. The zero-order valence-corrected chi connectivity index (χ0v) is 13.2. The molecule has 3 rings (SSSR count).